The molecule has 19 heavy (non-hydrogen) atoms. The highest BCUT2D eigenvalue weighted by atomic mass is 16.5. The third kappa shape index (κ3) is 2.78. The van der Waals surface area contributed by atoms with E-state index in [0.717, 1.165) is 6.42 Å². The fourth-order valence-corrected chi connectivity index (χ4v) is 2.16. The molecule has 2 heterocycles. The number of carbonyl (C=O) groups excluding carboxylic acids is 1. The lowest BCUT2D eigenvalue weighted by molar-refractivity contribution is -0.147. The second kappa shape index (κ2) is 5.88. The summed E-state index contributed by atoms with van der Waals surface area (Å²) in [6.07, 6.45) is 2.99. The molecule has 1 fully saturated rings. The first-order chi connectivity index (χ1) is 9.15. The van der Waals surface area contributed by atoms with Gasteiger partial charge in [0.2, 0.25) is 0 Å². The number of aliphatic carboxylic acids is 1. The maximum atomic E-state index is 12.4. The van der Waals surface area contributed by atoms with Crippen LogP contribution in [-0.4, -0.2) is 47.7 Å². The Labute approximate surface area is 110 Å². The SMILES string of the molecule is CCCc1occc1C(=O)N1CCOC[C@H]1C(=O)O. The van der Waals surface area contributed by atoms with Gasteiger partial charge in [0.05, 0.1) is 25.0 Å². The molecule has 1 aliphatic rings. The molecule has 0 aromatic carbocycles. The van der Waals surface area contributed by atoms with Crippen molar-refractivity contribution in [3.05, 3.63) is 23.7 Å². The normalized spacial score (nSPS) is 19.4. The Morgan fingerprint density at radius 2 is 2.32 bits per heavy atom. The predicted molar refractivity (Wildman–Crippen MR) is 66.0 cm³/mol. The number of ether oxygens (including phenoxy) is 1. The molecular formula is C13H17NO5. The fourth-order valence-electron chi connectivity index (χ4n) is 2.16. The molecule has 104 valence electrons. The fraction of sp³-hybridized carbons (Fsp3) is 0.538. The molecule has 1 aromatic rings. The quantitative estimate of drug-likeness (QED) is 0.885. The maximum absolute atomic E-state index is 12.4. The first-order valence-corrected chi connectivity index (χ1v) is 6.33. The van der Waals surface area contributed by atoms with Gasteiger partial charge in [-0.05, 0) is 12.5 Å². The number of furan rings is 1. The Balaban J connectivity index is 2.21. The van der Waals surface area contributed by atoms with Crippen molar-refractivity contribution in [3.63, 3.8) is 0 Å². The van der Waals surface area contributed by atoms with E-state index in [4.69, 9.17) is 14.3 Å². The zero-order valence-corrected chi connectivity index (χ0v) is 10.8. The molecule has 1 atom stereocenters. The van der Waals surface area contributed by atoms with Gasteiger partial charge in [-0.2, -0.15) is 0 Å². The van der Waals surface area contributed by atoms with E-state index in [1.807, 2.05) is 6.92 Å². The molecule has 1 aliphatic heterocycles. The number of carbonyl (C=O) groups is 2. The van der Waals surface area contributed by atoms with Gasteiger partial charge < -0.3 is 19.2 Å². The minimum atomic E-state index is -1.05. The zero-order valence-electron chi connectivity index (χ0n) is 10.8. The Kier molecular flexibility index (Phi) is 4.21. The smallest absolute Gasteiger partial charge is 0.328 e. The first kappa shape index (κ1) is 13.6. The van der Waals surface area contributed by atoms with Crippen molar-refractivity contribution >= 4 is 11.9 Å². The van der Waals surface area contributed by atoms with Gasteiger partial charge in [0.1, 0.15) is 5.76 Å². The van der Waals surface area contributed by atoms with Crippen molar-refractivity contribution in [2.24, 2.45) is 0 Å². The van der Waals surface area contributed by atoms with E-state index in [2.05, 4.69) is 0 Å². The topological polar surface area (TPSA) is 80.0 Å². The molecule has 0 unspecified atom stereocenters. The maximum Gasteiger partial charge on any atom is 0.328 e. The van der Waals surface area contributed by atoms with E-state index in [9.17, 15) is 9.59 Å². The second-order valence-corrected chi connectivity index (χ2v) is 4.43. The highest BCUT2D eigenvalue weighted by Crippen LogP contribution is 2.18. The number of morpholine rings is 1. The lowest BCUT2D eigenvalue weighted by Gasteiger charge is -2.32. The molecule has 1 N–H and O–H groups in total. The van der Waals surface area contributed by atoms with Crippen molar-refractivity contribution in [2.45, 2.75) is 25.8 Å². The van der Waals surface area contributed by atoms with Crippen LogP contribution in [0.1, 0.15) is 29.5 Å². The highest BCUT2D eigenvalue weighted by molar-refractivity contribution is 5.97. The van der Waals surface area contributed by atoms with E-state index in [1.54, 1.807) is 6.07 Å². The van der Waals surface area contributed by atoms with E-state index < -0.39 is 12.0 Å². The number of amides is 1. The van der Waals surface area contributed by atoms with Crippen LogP contribution in [0, 0.1) is 0 Å². The number of rotatable bonds is 4. The van der Waals surface area contributed by atoms with Gasteiger partial charge in [-0.1, -0.05) is 6.92 Å². The van der Waals surface area contributed by atoms with E-state index in [1.165, 1.54) is 11.2 Å². The molecule has 6 heteroatoms. The van der Waals surface area contributed by atoms with Crippen LogP contribution >= 0.6 is 0 Å². The van der Waals surface area contributed by atoms with Crippen LogP contribution in [0.4, 0.5) is 0 Å². The summed E-state index contributed by atoms with van der Waals surface area (Å²) in [5.74, 6) is -0.732. The molecule has 0 saturated carbocycles. The van der Waals surface area contributed by atoms with Gasteiger partial charge in [0.25, 0.3) is 5.91 Å². The highest BCUT2D eigenvalue weighted by Gasteiger charge is 2.34. The second-order valence-electron chi connectivity index (χ2n) is 4.43. The molecule has 0 aliphatic carbocycles. The molecule has 6 nitrogen and oxygen atoms in total. The van der Waals surface area contributed by atoms with Gasteiger partial charge in [0.15, 0.2) is 6.04 Å². The molecule has 1 aromatic heterocycles. The molecule has 1 saturated heterocycles. The summed E-state index contributed by atoms with van der Waals surface area (Å²) in [5, 5.41) is 9.13. The number of nitrogens with zero attached hydrogens (tertiary/aromatic N) is 1. The van der Waals surface area contributed by atoms with Crippen LogP contribution in [0.3, 0.4) is 0 Å². The minimum Gasteiger partial charge on any atom is -0.480 e. The summed E-state index contributed by atoms with van der Waals surface area (Å²) in [6.45, 7) is 2.66. The lowest BCUT2D eigenvalue weighted by atomic mass is 10.1. The summed E-state index contributed by atoms with van der Waals surface area (Å²) in [6, 6.07) is 0.674. The minimum absolute atomic E-state index is 0.0298. The summed E-state index contributed by atoms with van der Waals surface area (Å²) in [5.41, 5.74) is 0.454. The van der Waals surface area contributed by atoms with Gasteiger partial charge >= 0.3 is 5.97 Å². The average Bonchev–Trinajstić information content (AvgIpc) is 2.86. The Bertz CT molecular complexity index is 467. The van der Waals surface area contributed by atoms with Crippen LogP contribution in [0.2, 0.25) is 0 Å². The first-order valence-electron chi connectivity index (χ1n) is 6.33. The van der Waals surface area contributed by atoms with Gasteiger partial charge in [-0.3, -0.25) is 4.79 Å². The van der Waals surface area contributed by atoms with E-state index in [-0.39, 0.29) is 19.1 Å². The average molecular weight is 267 g/mol. The molecule has 2 rings (SSSR count). The molecule has 0 bridgehead atoms. The van der Waals surface area contributed by atoms with Crippen molar-refractivity contribution < 1.29 is 23.8 Å². The van der Waals surface area contributed by atoms with E-state index >= 15 is 0 Å². The Morgan fingerprint density at radius 1 is 1.53 bits per heavy atom. The van der Waals surface area contributed by atoms with Crippen molar-refractivity contribution in [3.8, 4) is 0 Å². The molecular weight excluding hydrogens is 250 g/mol. The predicted octanol–water partition coefficient (Wildman–Crippen LogP) is 1.16. The molecule has 0 radical (unpaired) electrons. The number of hydrogen-bond acceptors (Lipinski definition) is 4. The summed E-state index contributed by atoms with van der Waals surface area (Å²) in [4.78, 5) is 24.9. The number of hydrogen-bond donors (Lipinski definition) is 1. The summed E-state index contributed by atoms with van der Waals surface area (Å²) in [7, 11) is 0. The third-order valence-electron chi connectivity index (χ3n) is 3.13. The van der Waals surface area contributed by atoms with Gasteiger partial charge in [-0.15, -0.1) is 0 Å². The van der Waals surface area contributed by atoms with Gasteiger partial charge in [0, 0.05) is 13.0 Å². The van der Waals surface area contributed by atoms with Crippen molar-refractivity contribution in [1.82, 2.24) is 4.90 Å². The molecule has 0 spiro atoms. The van der Waals surface area contributed by atoms with Crippen LogP contribution in [0.15, 0.2) is 16.7 Å². The zero-order chi connectivity index (χ0) is 13.8. The number of carboxylic acids is 1. The third-order valence-corrected chi connectivity index (χ3v) is 3.13. The van der Waals surface area contributed by atoms with Gasteiger partial charge in [-0.25, -0.2) is 4.79 Å². The van der Waals surface area contributed by atoms with E-state index in [0.29, 0.717) is 24.4 Å². The standard InChI is InChI=1S/C13H17NO5/c1-2-3-11-9(4-6-19-11)12(15)14-5-7-18-8-10(14)13(16)17/h4,6,10H,2-3,5,7-8H2,1H3,(H,16,17)/t10-/m0/s1. The van der Waals surface area contributed by atoms with Crippen LogP contribution in [0.25, 0.3) is 0 Å². The lowest BCUT2D eigenvalue weighted by Crippen LogP contribution is -2.52. The molecule has 1 amide bonds. The van der Waals surface area contributed by atoms with Crippen LogP contribution < -0.4 is 0 Å². The monoisotopic (exact) mass is 267 g/mol. The Hall–Kier alpha value is -1.82. The largest absolute Gasteiger partial charge is 0.480 e. The number of carboxylic acid groups (broad SMARTS) is 1. The van der Waals surface area contributed by atoms with Crippen molar-refractivity contribution in [2.75, 3.05) is 19.8 Å². The Morgan fingerprint density at radius 3 is 3.00 bits per heavy atom. The van der Waals surface area contributed by atoms with Crippen LogP contribution in [0.5, 0.6) is 0 Å². The van der Waals surface area contributed by atoms with Crippen LogP contribution in [-0.2, 0) is 16.0 Å². The summed E-state index contributed by atoms with van der Waals surface area (Å²) >= 11 is 0. The number of aryl methyl sites for hydroxylation is 1. The summed E-state index contributed by atoms with van der Waals surface area (Å²) < 4.78 is 10.4. The van der Waals surface area contributed by atoms with Crippen molar-refractivity contribution in [1.29, 1.82) is 0 Å².